The monoisotopic (exact) mass is 382 g/mol. The SMILES string of the molecule is COCC1(CNS(=O)(=O)c2ccc(OCC(F)(F)F)cc2)CCCN1. The van der Waals surface area contributed by atoms with Crippen molar-refractivity contribution < 1.29 is 31.1 Å². The highest BCUT2D eigenvalue weighted by Gasteiger charge is 2.35. The molecule has 0 bridgehead atoms. The highest BCUT2D eigenvalue weighted by atomic mass is 32.2. The molecule has 1 aliphatic rings. The van der Waals surface area contributed by atoms with Crippen LogP contribution in [0.1, 0.15) is 12.8 Å². The number of hydrogen-bond donors (Lipinski definition) is 2. The summed E-state index contributed by atoms with van der Waals surface area (Å²) in [7, 11) is -2.24. The lowest BCUT2D eigenvalue weighted by Crippen LogP contribution is -2.52. The van der Waals surface area contributed by atoms with E-state index in [4.69, 9.17) is 4.74 Å². The fourth-order valence-corrected chi connectivity index (χ4v) is 3.79. The molecular weight excluding hydrogens is 361 g/mol. The average molecular weight is 382 g/mol. The Morgan fingerprint density at radius 1 is 1.28 bits per heavy atom. The van der Waals surface area contributed by atoms with Crippen LogP contribution in [0.2, 0.25) is 0 Å². The molecule has 142 valence electrons. The summed E-state index contributed by atoms with van der Waals surface area (Å²) in [4.78, 5) is -0.0441. The Morgan fingerprint density at radius 2 is 1.96 bits per heavy atom. The van der Waals surface area contributed by atoms with Crippen LogP contribution in [0.15, 0.2) is 29.2 Å². The van der Waals surface area contributed by atoms with Gasteiger partial charge in [0.25, 0.3) is 0 Å². The molecular formula is C15H21F3N2O4S. The van der Waals surface area contributed by atoms with Crippen LogP contribution in [-0.4, -0.2) is 53.5 Å². The molecule has 1 unspecified atom stereocenters. The summed E-state index contributed by atoms with van der Waals surface area (Å²) in [6, 6.07) is 4.80. The predicted molar refractivity (Wildman–Crippen MR) is 85.0 cm³/mol. The van der Waals surface area contributed by atoms with Crippen LogP contribution in [0.25, 0.3) is 0 Å². The van der Waals surface area contributed by atoms with E-state index in [1.807, 2.05) is 0 Å². The zero-order chi connectivity index (χ0) is 18.6. The standard InChI is InChI=1S/C15H21F3N2O4S/c1-23-10-14(7-2-8-19-14)9-20-25(21,22)13-5-3-12(4-6-13)24-11-15(16,17)18/h3-6,19-20H,2,7-11H2,1H3. The van der Waals surface area contributed by atoms with Gasteiger partial charge in [0.15, 0.2) is 6.61 Å². The van der Waals surface area contributed by atoms with E-state index in [1.165, 1.54) is 24.3 Å². The summed E-state index contributed by atoms with van der Waals surface area (Å²) in [5, 5.41) is 3.26. The number of nitrogens with one attached hydrogen (secondary N) is 2. The lowest BCUT2D eigenvalue weighted by molar-refractivity contribution is -0.153. The van der Waals surface area contributed by atoms with Crippen molar-refractivity contribution in [3.05, 3.63) is 24.3 Å². The van der Waals surface area contributed by atoms with Crippen molar-refractivity contribution in [1.82, 2.24) is 10.0 Å². The fourth-order valence-electron chi connectivity index (χ4n) is 2.67. The molecule has 1 aromatic rings. The molecule has 0 amide bonds. The normalized spacial score (nSPS) is 21.4. The Morgan fingerprint density at radius 3 is 2.48 bits per heavy atom. The fraction of sp³-hybridized carbons (Fsp3) is 0.600. The van der Waals surface area contributed by atoms with Crippen LogP contribution >= 0.6 is 0 Å². The maximum atomic E-state index is 12.4. The second-order valence-corrected chi connectivity index (χ2v) is 7.71. The number of rotatable bonds is 8. The van der Waals surface area contributed by atoms with Gasteiger partial charge < -0.3 is 14.8 Å². The minimum Gasteiger partial charge on any atom is -0.484 e. The van der Waals surface area contributed by atoms with E-state index in [0.717, 1.165) is 19.4 Å². The third kappa shape index (κ3) is 5.84. The molecule has 1 saturated heterocycles. The van der Waals surface area contributed by atoms with Crippen LogP contribution in [0.5, 0.6) is 5.75 Å². The molecule has 25 heavy (non-hydrogen) atoms. The lowest BCUT2D eigenvalue weighted by Gasteiger charge is -2.28. The molecule has 10 heteroatoms. The maximum absolute atomic E-state index is 12.4. The molecule has 1 aromatic carbocycles. The number of halogens is 3. The second-order valence-electron chi connectivity index (χ2n) is 5.94. The minimum absolute atomic E-state index is 0.0441. The van der Waals surface area contributed by atoms with Gasteiger partial charge in [0.05, 0.1) is 17.0 Å². The van der Waals surface area contributed by atoms with E-state index >= 15 is 0 Å². The number of alkyl halides is 3. The van der Waals surface area contributed by atoms with Crippen LogP contribution in [0.4, 0.5) is 13.2 Å². The van der Waals surface area contributed by atoms with E-state index in [2.05, 4.69) is 14.8 Å². The van der Waals surface area contributed by atoms with Gasteiger partial charge in [0.1, 0.15) is 5.75 Å². The highest BCUT2D eigenvalue weighted by molar-refractivity contribution is 7.89. The molecule has 0 saturated carbocycles. The van der Waals surface area contributed by atoms with Gasteiger partial charge in [-0.3, -0.25) is 0 Å². The Balaban J connectivity index is 1.99. The molecule has 1 fully saturated rings. The quantitative estimate of drug-likeness (QED) is 0.715. The first kappa shape index (κ1) is 20.0. The van der Waals surface area contributed by atoms with E-state index < -0.39 is 28.3 Å². The summed E-state index contributed by atoms with van der Waals surface area (Å²) in [6.07, 6.45) is -2.74. The smallest absolute Gasteiger partial charge is 0.422 e. The zero-order valence-electron chi connectivity index (χ0n) is 13.7. The molecule has 1 aliphatic heterocycles. The summed E-state index contributed by atoms with van der Waals surface area (Å²) in [5.41, 5.74) is -0.447. The number of sulfonamides is 1. The van der Waals surface area contributed by atoms with Crippen molar-refractivity contribution >= 4 is 10.0 Å². The van der Waals surface area contributed by atoms with Crippen molar-refractivity contribution in [2.45, 2.75) is 29.5 Å². The Kier molecular flexibility index (Phi) is 6.30. The van der Waals surface area contributed by atoms with Crippen molar-refractivity contribution in [3.63, 3.8) is 0 Å². The van der Waals surface area contributed by atoms with Crippen molar-refractivity contribution in [2.75, 3.05) is 33.4 Å². The molecule has 0 aliphatic carbocycles. The van der Waals surface area contributed by atoms with Gasteiger partial charge in [-0.15, -0.1) is 0 Å². The van der Waals surface area contributed by atoms with Gasteiger partial charge in [-0.2, -0.15) is 13.2 Å². The van der Waals surface area contributed by atoms with E-state index in [9.17, 15) is 21.6 Å². The molecule has 0 radical (unpaired) electrons. The van der Waals surface area contributed by atoms with Gasteiger partial charge in [0, 0.05) is 13.7 Å². The molecule has 1 atom stereocenters. The molecule has 2 N–H and O–H groups in total. The van der Waals surface area contributed by atoms with E-state index in [0.29, 0.717) is 6.61 Å². The Bertz CT molecular complexity index is 656. The summed E-state index contributed by atoms with van der Waals surface area (Å²) in [5.74, 6) is -0.0513. The lowest BCUT2D eigenvalue weighted by atomic mass is 9.99. The Hall–Kier alpha value is -1.36. The first-order valence-electron chi connectivity index (χ1n) is 7.69. The number of methoxy groups -OCH3 is 1. The number of benzene rings is 1. The van der Waals surface area contributed by atoms with Gasteiger partial charge in [-0.25, -0.2) is 13.1 Å². The van der Waals surface area contributed by atoms with Gasteiger partial charge >= 0.3 is 6.18 Å². The van der Waals surface area contributed by atoms with Gasteiger partial charge in [0.2, 0.25) is 10.0 Å². The van der Waals surface area contributed by atoms with Crippen molar-refractivity contribution in [1.29, 1.82) is 0 Å². The van der Waals surface area contributed by atoms with Crippen molar-refractivity contribution in [2.24, 2.45) is 0 Å². The number of hydrogen-bond acceptors (Lipinski definition) is 5. The summed E-state index contributed by atoms with van der Waals surface area (Å²) in [6.45, 7) is -0.103. The summed E-state index contributed by atoms with van der Waals surface area (Å²) < 4.78 is 73.3. The van der Waals surface area contributed by atoms with E-state index in [-0.39, 0.29) is 17.2 Å². The van der Waals surface area contributed by atoms with Crippen LogP contribution in [-0.2, 0) is 14.8 Å². The Labute approximate surface area is 144 Å². The predicted octanol–water partition coefficient (Wildman–Crippen LogP) is 1.67. The number of ether oxygens (including phenoxy) is 2. The van der Waals surface area contributed by atoms with Crippen LogP contribution in [0.3, 0.4) is 0 Å². The first-order valence-corrected chi connectivity index (χ1v) is 9.17. The third-order valence-electron chi connectivity index (χ3n) is 3.89. The molecule has 0 spiro atoms. The first-order chi connectivity index (χ1) is 11.7. The molecule has 1 heterocycles. The molecule has 2 rings (SSSR count). The highest BCUT2D eigenvalue weighted by Crippen LogP contribution is 2.22. The average Bonchev–Trinajstić information content (AvgIpc) is 3.00. The largest absolute Gasteiger partial charge is 0.484 e. The van der Waals surface area contributed by atoms with Crippen LogP contribution in [0, 0.1) is 0 Å². The third-order valence-corrected chi connectivity index (χ3v) is 5.31. The maximum Gasteiger partial charge on any atom is 0.422 e. The van der Waals surface area contributed by atoms with Gasteiger partial charge in [-0.1, -0.05) is 0 Å². The molecule has 6 nitrogen and oxygen atoms in total. The summed E-state index contributed by atoms with van der Waals surface area (Å²) >= 11 is 0. The van der Waals surface area contributed by atoms with Crippen molar-refractivity contribution in [3.8, 4) is 5.75 Å². The van der Waals surface area contributed by atoms with E-state index in [1.54, 1.807) is 7.11 Å². The zero-order valence-corrected chi connectivity index (χ0v) is 14.5. The molecule has 0 aromatic heterocycles. The van der Waals surface area contributed by atoms with Crippen LogP contribution < -0.4 is 14.8 Å². The topological polar surface area (TPSA) is 76.7 Å². The second kappa shape index (κ2) is 7.90. The minimum atomic E-state index is -4.45. The van der Waals surface area contributed by atoms with Gasteiger partial charge in [-0.05, 0) is 43.7 Å².